The summed E-state index contributed by atoms with van der Waals surface area (Å²) in [5, 5.41) is 4.42. The predicted molar refractivity (Wildman–Crippen MR) is 108 cm³/mol. The van der Waals surface area contributed by atoms with E-state index in [0.29, 0.717) is 10.7 Å². The van der Waals surface area contributed by atoms with Crippen LogP contribution in [0.3, 0.4) is 0 Å². The second-order valence-corrected chi connectivity index (χ2v) is 6.90. The van der Waals surface area contributed by atoms with Crippen LogP contribution < -0.4 is 14.9 Å². The topological polar surface area (TPSA) is 66.5 Å². The van der Waals surface area contributed by atoms with Gasteiger partial charge in [-0.15, -0.1) is 0 Å². The fourth-order valence-electron chi connectivity index (χ4n) is 3.24. The minimum Gasteiger partial charge on any atom is -0.493 e. The SMILES string of the molecule is COc1ccc2c(=O)c(-c3cnn(-c4cccc(Cl)c4)c3)c(C(F)(F)F)oc2c1OC. The van der Waals surface area contributed by atoms with Crippen LogP contribution in [0.2, 0.25) is 5.02 Å². The van der Waals surface area contributed by atoms with Crippen molar-refractivity contribution in [1.29, 1.82) is 0 Å². The van der Waals surface area contributed by atoms with Gasteiger partial charge in [-0.2, -0.15) is 18.3 Å². The first-order chi connectivity index (χ1) is 14.7. The van der Waals surface area contributed by atoms with Gasteiger partial charge in [0.05, 0.1) is 37.1 Å². The number of fused-ring (bicyclic) bond motifs is 1. The fourth-order valence-corrected chi connectivity index (χ4v) is 3.43. The lowest BCUT2D eigenvalue weighted by atomic mass is 10.0. The Kier molecular flexibility index (Phi) is 5.14. The summed E-state index contributed by atoms with van der Waals surface area (Å²) < 4.78 is 58.4. The summed E-state index contributed by atoms with van der Waals surface area (Å²) in [7, 11) is 2.57. The van der Waals surface area contributed by atoms with Gasteiger partial charge in [-0.3, -0.25) is 4.79 Å². The number of rotatable bonds is 4. The van der Waals surface area contributed by atoms with Crippen LogP contribution in [0.25, 0.3) is 27.8 Å². The van der Waals surface area contributed by atoms with E-state index in [4.69, 9.17) is 25.5 Å². The number of nitrogens with zero attached hydrogens (tertiary/aromatic N) is 2. The van der Waals surface area contributed by atoms with Gasteiger partial charge in [0.15, 0.2) is 11.3 Å². The fraction of sp³-hybridized carbons (Fsp3) is 0.143. The molecule has 6 nitrogen and oxygen atoms in total. The Balaban J connectivity index is 2.00. The molecule has 0 unspecified atom stereocenters. The Morgan fingerprint density at radius 2 is 1.90 bits per heavy atom. The van der Waals surface area contributed by atoms with Gasteiger partial charge in [0.25, 0.3) is 0 Å². The van der Waals surface area contributed by atoms with Crippen LogP contribution in [0.15, 0.2) is 58.0 Å². The number of methoxy groups -OCH3 is 2. The molecule has 0 bridgehead atoms. The predicted octanol–water partition coefficient (Wildman–Crippen LogP) is 5.34. The molecule has 0 aliphatic carbocycles. The standard InChI is InChI=1S/C21H14ClF3N2O4/c1-29-15-7-6-14-17(28)16(20(21(23,24)25)31-18(14)19(15)30-2)11-9-26-27(10-11)13-5-3-4-12(22)8-13/h3-10H,1-2H3. The summed E-state index contributed by atoms with van der Waals surface area (Å²) in [5.41, 5.74) is -1.42. The van der Waals surface area contributed by atoms with Crippen LogP contribution in [0.4, 0.5) is 13.2 Å². The van der Waals surface area contributed by atoms with Crippen molar-refractivity contribution < 1.29 is 27.1 Å². The Bertz CT molecular complexity index is 1340. The monoisotopic (exact) mass is 450 g/mol. The summed E-state index contributed by atoms with van der Waals surface area (Å²) in [6.07, 6.45) is -2.48. The summed E-state index contributed by atoms with van der Waals surface area (Å²) in [6.45, 7) is 0. The molecule has 2 heterocycles. The van der Waals surface area contributed by atoms with Crippen molar-refractivity contribution in [3.8, 4) is 28.3 Å². The van der Waals surface area contributed by atoms with E-state index in [2.05, 4.69) is 5.10 Å². The molecule has 0 saturated carbocycles. The lowest BCUT2D eigenvalue weighted by Gasteiger charge is -2.14. The van der Waals surface area contributed by atoms with Gasteiger partial charge in [-0.05, 0) is 30.3 Å². The smallest absolute Gasteiger partial charge is 0.450 e. The van der Waals surface area contributed by atoms with E-state index in [1.54, 1.807) is 24.3 Å². The van der Waals surface area contributed by atoms with E-state index in [-0.39, 0.29) is 28.0 Å². The van der Waals surface area contributed by atoms with Crippen LogP contribution in [-0.2, 0) is 6.18 Å². The van der Waals surface area contributed by atoms with Gasteiger partial charge in [0.2, 0.25) is 16.9 Å². The Hall–Kier alpha value is -3.46. The first-order valence-electron chi connectivity index (χ1n) is 8.84. The summed E-state index contributed by atoms with van der Waals surface area (Å²) in [4.78, 5) is 13.1. The first kappa shape index (κ1) is 20.8. The molecule has 2 aromatic heterocycles. The first-order valence-corrected chi connectivity index (χ1v) is 9.22. The quantitative estimate of drug-likeness (QED) is 0.420. The Morgan fingerprint density at radius 3 is 2.55 bits per heavy atom. The number of hydrogen-bond donors (Lipinski definition) is 0. The van der Waals surface area contributed by atoms with Crippen molar-refractivity contribution in [2.75, 3.05) is 14.2 Å². The van der Waals surface area contributed by atoms with E-state index in [0.717, 1.165) is 6.20 Å². The Labute approximate surface area is 178 Å². The van der Waals surface area contributed by atoms with Gasteiger partial charge >= 0.3 is 6.18 Å². The molecule has 4 aromatic rings. The third-order valence-electron chi connectivity index (χ3n) is 4.60. The zero-order valence-corrected chi connectivity index (χ0v) is 16.9. The zero-order valence-electron chi connectivity index (χ0n) is 16.2. The molecule has 0 aliphatic rings. The molecule has 2 aromatic carbocycles. The van der Waals surface area contributed by atoms with Gasteiger partial charge < -0.3 is 13.9 Å². The van der Waals surface area contributed by atoms with Crippen molar-refractivity contribution >= 4 is 22.6 Å². The van der Waals surface area contributed by atoms with Crippen molar-refractivity contribution in [2.45, 2.75) is 6.18 Å². The molecule has 160 valence electrons. The lowest BCUT2D eigenvalue weighted by molar-refractivity contribution is -0.152. The lowest BCUT2D eigenvalue weighted by Crippen LogP contribution is -2.16. The third-order valence-corrected chi connectivity index (χ3v) is 4.84. The maximum atomic E-state index is 13.9. The molecule has 0 radical (unpaired) electrons. The molecule has 31 heavy (non-hydrogen) atoms. The maximum absolute atomic E-state index is 13.9. The van der Waals surface area contributed by atoms with Crippen molar-refractivity contribution in [2.24, 2.45) is 0 Å². The minimum atomic E-state index is -4.95. The molecule has 0 saturated heterocycles. The molecule has 0 N–H and O–H groups in total. The summed E-state index contributed by atoms with van der Waals surface area (Å²) in [5.74, 6) is -1.43. The molecule has 4 rings (SSSR count). The van der Waals surface area contributed by atoms with Crippen LogP contribution in [-0.4, -0.2) is 24.0 Å². The number of aromatic nitrogens is 2. The van der Waals surface area contributed by atoms with Crippen LogP contribution in [0.1, 0.15) is 5.76 Å². The molecule has 10 heteroatoms. The van der Waals surface area contributed by atoms with E-state index in [1.807, 2.05) is 0 Å². The van der Waals surface area contributed by atoms with Crippen LogP contribution in [0.5, 0.6) is 11.5 Å². The molecular weight excluding hydrogens is 437 g/mol. The van der Waals surface area contributed by atoms with Crippen LogP contribution in [0, 0.1) is 0 Å². The summed E-state index contributed by atoms with van der Waals surface area (Å²) in [6, 6.07) is 9.33. The van der Waals surface area contributed by atoms with E-state index < -0.39 is 22.9 Å². The normalized spacial score (nSPS) is 11.7. The highest BCUT2D eigenvalue weighted by atomic mass is 35.5. The van der Waals surface area contributed by atoms with Crippen LogP contribution >= 0.6 is 11.6 Å². The average molecular weight is 451 g/mol. The Morgan fingerprint density at radius 1 is 1.13 bits per heavy atom. The second-order valence-electron chi connectivity index (χ2n) is 6.46. The molecule has 0 fully saturated rings. The van der Waals surface area contributed by atoms with E-state index in [9.17, 15) is 18.0 Å². The number of benzene rings is 2. The second kappa shape index (κ2) is 7.66. The van der Waals surface area contributed by atoms with E-state index in [1.165, 1.54) is 37.2 Å². The number of alkyl halides is 3. The summed E-state index contributed by atoms with van der Waals surface area (Å²) >= 11 is 5.97. The van der Waals surface area contributed by atoms with Gasteiger partial charge in [-0.1, -0.05) is 17.7 Å². The molecule has 0 aliphatic heterocycles. The number of hydrogen-bond acceptors (Lipinski definition) is 5. The molecule has 0 amide bonds. The average Bonchev–Trinajstić information content (AvgIpc) is 3.21. The van der Waals surface area contributed by atoms with E-state index >= 15 is 0 Å². The van der Waals surface area contributed by atoms with Crippen molar-refractivity contribution in [3.05, 3.63) is 69.8 Å². The largest absolute Gasteiger partial charge is 0.493 e. The molecule has 0 atom stereocenters. The third kappa shape index (κ3) is 3.61. The van der Waals surface area contributed by atoms with Gasteiger partial charge in [0, 0.05) is 16.8 Å². The number of ether oxygens (including phenoxy) is 2. The van der Waals surface area contributed by atoms with Crippen molar-refractivity contribution in [1.82, 2.24) is 9.78 Å². The highest BCUT2D eigenvalue weighted by Gasteiger charge is 2.40. The maximum Gasteiger partial charge on any atom is 0.450 e. The highest BCUT2D eigenvalue weighted by Crippen LogP contribution is 2.41. The zero-order chi connectivity index (χ0) is 22.3. The van der Waals surface area contributed by atoms with Gasteiger partial charge in [-0.25, -0.2) is 4.68 Å². The van der Waals surface area contributed by atoms with Gasteiger partial charge in [0.1, 0.15) is 0 Å². The minimum absolute atomic E-state index is 0.0577. The molecule has 0 spiro atoms. The highest BCUT2D eigenvalue weighted by molar-refractivity contribution is 6.30. The number of halogens is 4. The van der Waals surface area contributed by atoms with Crippen molar-refractivity contribution in [3.63, 3.8) is 0 Å². The molecular formula is C21H14ClF3N2O4.